The molecule has 0 spiro atoms. The highest BCUT2D eigenvalue weighted by molar-refractivity contribution is 6.32. The zero-order chi connectivity index (χ0) is 17.6. The first kappa shape index (κ1) is 17.4. The Morgan fingerprint density at radius 1 is 1.16 bits per heavy atom. The van der Waals surface area contributed by atoms with Gasteiger partial charge in [-0.1, -0.05) is 29.8 Å². The molecule has 0 aliphatic carbocycles. The highest BCUT2D eigenvalue weighted by atomic mass is 35.5. The van der Waals surface area contributed by atoms with Gasteiger partial charge in [0.2, 0.25) is 5.95 Å². The number of nitrogens with zero attached hydrogens (tertiary/aromatic N) is 4. The molecule has 7 nitrogen and oxygen atoms in total. The molecule has 0 bridgehead atoms. The summed E-state index contributed by atoms with van der Waals surface area (Å²) < 4.78 is 0. The van der Waals surface area contributed by atoms with Crippen molar-refractivity contribution in [1.82, 2.24) is 14.9 Å². The van der Waals surface area contributed by atoms with Crippen LogP contribution in [0.2, 0.25) is 5.15 Å². The third kappa shape index (κ3) is 4.37. The van der Waals surface area contributed by atoms with E-state index in [-0.39, 0.29) is 11.1 Å². The molecule has 1 aromatic carbocycles. The maximum atomic E-state index is 7.44. The molecule has 2 aromatic rings. The molecule has 1 aliphatic heterocycles. The molecule has 1 aromatic heterocycles. The van der Waals surface area contributed by atoms with E-state index in [0.29, 0.717) is 17.9 Å². The van der Waals surface area contributed by atoms with Crippen molar-refractivity contribution in [1.29, 1.82) is 5.41 Å². The van der Waals surface area contributed by atoms with Crippen molar-refractivity contribution in [3.63, 3.8) is 0 Å². The minimum absolute atomic E-state index is 0.106. The van der Waals surface area contributed by atoms with E-state index < -0.39 is 0 Å². The minimum atomic E-state index is 0.106. The van der Waals surface area contributed by atoms with Crippen LogP contribution >= 0.6 is 11.6 Å². The van der Waals surface area contributed by atoms with Crippen LogP contribution < -0.4 is 16.0 Å². The van der Waals surface area contributed by atoms with Gasteiger partial charge in [0, 0.05) is 51.2 Å². The van der Waals surface area contributed by atoms with Gasteiger partial charge >= 0.3 is 0 Å². The number of halogens is 1. The predicted octanol–water partition coefficient (Wildman–Crippen LogP) is 1.94. The molecule has 0 atom stereocenters. The molecule has 2 heterocycles. The fourth-order valence-electron chi connectivity index (χ4n) is 2.92. The molecule has 3 rings (SSSR count). The first-order valence-corrected chi connectivity index (χ1v) is 8.65. The van der Waals surface area contributed by atoms with Crippen LogP contribution in [0.4, 0.5) is 17.5 Å². The lowest BCUT2D eigenvalue weighted by Gasteiger charge is -2.36. The Labute approximate surface area is 152 Å². The smallest absolute Gasteiger partial charge is 0.223 e. The van der Waals surface area contributed by atoms with Gasteiger partial charge in [0.15, 0.2) is 0 Å². The molecule has 25 heavy (non-hydrogen) atoms. The predicted molar refractivity (Wildman–Crippen MR) is 103 cm³/mol. The quantitative estimate of drug-likeness (QED) is 0.539. The van der Waals surface area contributed by atoms with Crippen molar-refractivity contribution in [3.8, 4) is 0 Å². The van der Waals surface area contributed by atoms with Crippen LogP contribution in [0.15, 0.2) is 30.3 Å². The topological polar surface area (TPSA) is 94.2 Å². The molecule has 132 valence electrons. The van der Waals surface area contributed by atoms with Gasteiger partial charge in [-0.3, -0.25) is 4.90 Å². The zero-order valence-corrected chi connectivity index (χ0v) is 14.7. The second-order valence-corrected chi connectivity index (χ2v) is 6.23. The summed E-state index contributed by atoms with van der Waals surface area (Å²) in [5.74, 6) is 0.616. The highest BCUT2D eigenvalue weighted by Gasteiger charge is 2.17. The molecule has 1 aliphatic rings. The average molecular weight is 360 g/mol. The average Bonchev–Trinajstić information content (AvgIpc) is 2.63. The number of piperazine rings is 1. The van der Waals surface area contributed by atoms with E-state index in [9.17, 15) is 0 Å². The monoisotopic (exact) mass is 359 g/mol. The summed E-state index contributed by atoms with van der Waals surface area (Å²) in [5, 5.41) is 10.9. The van der Waals surface area contributed by atoms with Crippen molar-refractivity contribution in [2.45, 2.75) is 0 Å². The minimum Gasteiger partial charge on any atom is -0.369 e. The number of aromatic nitrogens is 2. The summed E-state index contributed by atoms with van der Waals surface area (Å²) in [6.45, 7) is 5.66. The Balaban J connectivity index is 1.49. The molecule has 1 fully saturated rings. The summed E-state index contributed by atoms with van der Waals surface area (Å²) in [6, 6.07) is 10.5. The van der Waals surface area contributed by atoms with Gasteiger partial charge in [-0.05, 0) is 12.1 Å². The molecule has 0 radical (unpaired) electrons. The molecular formula is C17H22ClN7. The summed E-state index contributed by atoms with van der Waals surface area (Å²) in [5.41, 5.74) is 7.37. The first-order chi connectivity index (χ1) is 12.2. The third-order valence-electron chi connectivity index (χ3n) is 4.27. The van der Waals surface area contributed by atoms with Gasteiger partial charge in [0.05, 0.1) is 5.56 Å². The molecule has 4 N–H and O–H groups in total. The standard InChI is InChI=1S/C17H22ClN7/c18-15-14(12-19)16(23-17(20)22-15)21-6-7-24-8-10-25(11-9-24)13-4-2-1-3-5-13/h1-5,12,19H,6-11H2,(H3,20,21,22,23). The molecule has 0 unspecified atom stereocenters. The third-order valence-corrected chi connectivity index (χ3v) is 4.56. The van der Waals surface area contributed by atoms with Crippen LogP contribution in [0.25, 0.3) is 0 Å². The first-order valence-electron chi connectivity index (χ1n) is 8.27. The van der Waals surface area contributed by atoms with E-state index in [1.165, 1.54) is 5.69 Å². The summed E-state index contributed by atoms with van der Waals surface area (Å²) >= 11 is 6.00. The number of benzene rings is 1. The second-order valence-electron chi connectivity index (χ2n) is 5.87. The number of hydrogen-bond donors (Lipinski definition) is 3. The van der Waals surface area contributed by atoms with Gasteiger partial charge in [-0.2, -0.15) is 4.98 Å². The number of hydrogen-bond acceptors (Lipinski definition) is 7. The summed E-state index contributed by atoms with van der Waals surface area (Å²) in [6.07, 6.45) is 1.14. The van der Waals surface area contributed by atoms with Crippen LogP contribution in [-0.4, -0.2) is 60.4 Å². The summed E-state index contributed by atoms with van der Waals surface area (Å²) in [7, 11) is 0. The Morgan fingerprint density at radius 2 is 1.88 bits per heavy atom. The molecule has 8 heteroatoms. The Bertz CT molecular complexity index is 714. The lowest BCUT2D eigenvalue weighted by Crippen LogP contribution is -2.47. The normalized spacial score (nSPS) is 15.2. The number of nitrogen functional groups attached to an aromatic ring is 1. The number of nitrogens with two attached hydrogens (primary N) is 1. The molecule has 1 saturated heterocycles. The number of para-hydroxylation sites is 1. The zero-order valence-electron chi connectivity index (χ0n) is 14.0. The summed E-state index contributed by atoms with van der Waals surface area (Å²) in [4.78, 5) is 12.8. The van der Waals surface area contributed by atoms with Crippen molar-refractivity contribution in [3.05, 3.63) is 41.0 Å². The number of anilines is 3. The lowest BCUT2D eigenvalue weighted by atomic mass is 10.2. The van der Waals surface area contributed by atoms with Crippen LogP contribution in [0.3, 0.4) is 0 Å². The van der Waals surface area contributed by atoms with E-state index in [0.717, 1.165) is 38.9 Å². The molecule has 0 saturated carbocycles. The van der Waals surface area contributed by atoms with E-state index in [2.05, 4.69) is 49.4 Å². The van der Waals surface area contributed by atoms with E-state index in [4.69, 9.17) is 22.7 Å². The maximum absolute atomic E-state index is 7.44. The van der Waals surface area contributed by atoms with E-state index >= 15 is 0 Å². The van der Waals surface area contributed by atoms with Gasteiger partial charge < -0.3 is 21.4 Å². The Morgan fingerprint density at radius 3 is 2.56 bits per heavy atom. The van der Waals surface area contributed by atoms with Crippen molar-refractivity contribution in [2.75, 3.05) is 55.2 Å². The Kier molecular flexibility index (Phi) is 5.67. The second kappa shape index (κ2) is 8.13. The van der Waals surface area contributed by atoms with Crippen LogP contribution in [0.1, 0.15) is 5.56 Å². The number of nitrogens with one attached hydrogen (secondary N) is 2. The fraction of sp³-hybridized carbons (Fsp3) is 0.353. The molecule has 0 amide bonds. The highest BCUT2D eigenvalue weighted by Crippen LogP contribution is 2.20. The maximum Gasteiger partial charge on any atom is 0.223 e. The lowest BCUT2D eigenvalue weighted by molar-refractivity contribution is 0.267. The Hall–Kier alpha value is -2.38. The van der Waals surface area contributed by atoms with Crippen molar-refractivity contribution in [2.24, 2.45) is 0 Å². The fourth-order valence-corrected chi connectivity index (χ4v) is 3.15. The van der Waals surface area contributed by atoms with Crippen LogP contribution in [0.5, 0.6) is 0 Å². The largest absolute Gasteiger partial charge is 0.369 e. The van der Waals surface area contributed by atoms with E-state index in [1.807, 2.05) is 6.07 Å². The van der Waals surface area contributed by atoms with Gasteiger partial charge in [0.25, 0.3) is 0 Å². The van der Waals surface area contributed by atoms with Crippen LogP contribution in [-0.2, 0) is 0 Å². The molecular weight excluding hydrogens is 338 g/mol. The van der Waals surface area contributed by atoms with Gasteiger partial charge in [-0.15, -0.1) is 0 Å². The van der Waals surface area contributed by atoms with Crippen molar-refractivity contribution < 1.29 is 0 Å². The number of rotatable bonds is 6. The van der Waals surface area contributed by atoms with Crippen LogP contribution in [0, 0.1) is 5.41 Å². The SMILES string of the molecule is N=Cc1c(Cl)nc(N)nc1NCCN1CCN(c2ccccc2)CC1. The van der Waals surface area contributed by atoms with E-state index in [1.54, 1.807) is 0 Å². The van der Waals surface area contributed by atoms with Crippen molar-refractivity contribution >= 4 is 35.3 Å². The van der Waals surface area contributed by atoms with Gasteiger partial charge in [0.1, 0.15) is 11.0 Å². The van der Waals surface area contributed by atoms with Gasteiger partial charge in [-0.25, -0.2) is 4.98 Å².